The summed E-state index contributed by atoms with van der Waals surface area (Å²) in [7, 11) is 0. The van der Waals surface area contributed by atoms with Gasteiger partial charge in [-0.1, -0.05) is 135 Å². The predicted octanol–water partition coefficient (Wildman–Crippen LogP) is 11.2. The first-order valence-corrected chi connectivity index (χ1v) is 18.1. The molecule has 1 heterocycles. The highest BCUT2D eigenvalue weighted by molar-refractivity contribution is 6.99. The maximum atomic E-state index is 2.60. The van der Waals surface area contributed by atoms with Gasteiger partial charge in [-0.2, -0.15) is 0 Å². The van der Waals surface area contributed by atoms with Crippen LogP contribution >= 0.6 is 0 Å². The number of aryl methyl sites for hydroxylation is 9. The fourth-order valence-electron chi connectivity index (χ4n) is 10.2. The predicted molar refractivity (Wildman–Crippen MR) is 220 cm³/mol. The van der Waals surface area contributed by atoms with Gasteiger partial charge in [0.25, 0.3) is 0 Å². The lowest BCUT2D eigenvalue weighted by atomic mass is 9.32. The largest absolute Gasteiger partial charge is 0.243 e. The normalized spacial score (nSPS) is 12.5. The number of fused-ring (bicyclic) bond motifs is 2. The highest BCUT2D eigenvalue weighted by Crippen LogP contribution is 2.48. The van der Waals surface area contributed by atoms with E-state index in [-0.39, 0.29) is 6.71 Å². The van der Waals surface area contributed by atoms with E-state index in [1.807, 2.05) is 0 Å². The molecule has 1 aliphatic heterocycles. The van der Waals surface area contributed by atoms with E-state index >= 15 is 0 Å². The molecule has 0 unspecified atom stereocenters. The van der Waals surface area contributed by atoms with Crippen LogP contribution in [-0.2, 0) is 0 Å². The van der Waals surface area contributed by atoms with Crippen LogP contribution in [0.4, 0.5) is 0 Å². The molecular formula is C49H43B. The van der Waals surface area contributed by atoms with Crippen molar-refractivity contribution in [2.45, 2.75) is 62.3 Å². The average Bonchev–Trinajstić information content (AvgIpc) is 3.05. The second-order valence-electron chi connectivity index (χ2n) is 15.4. The summed E-state index contributed by atoms with van der Waals surface area (Å²) in [5.74, 6) is 0. The maximum Gasteiger partial charge on any atom is 0.243 e. The van der Waals surface area contributed by atoms with E-state index < -0.39 is 0 Å². The highest BCUT2D eigenvalue weighted by atomic mass is 14.3. The van der Waals surface area contributed by atoms with Gasteiger partial charge >= 0.3 is 0 Å². The van der Waals surface area contributed by atoms with Crippen LogP contribution in [0.5, 0.6) is 0 Å². The van der Waals surface area contributed by atoms with Gasteiger partial charge in [-0.05, 0) is 156 Å². The molecule has 0 atom stereocenters. The Bertz CT molecular complexity index is 2670. The van der Waals surface area contributed by atoms with Crippen molar-refractivity contribution >= 4 is 55.4 Å². The van der Waals surface area contributed by atoms with Crippen molar-refractivity contribution in [2.75, 3.05) is 0 Å². The van der Waals surface area contributed by atoms with E-state index in [9.17, 15) is 0 Å². The summed E-state index contributed by atoms with van der Waals surface area (Å²) in [5.41, 5.74) is 24.4. The molecule has 0 fully saturated rings. The molecule has 1 heteroatoms. The van der Waals surface area contributed by atoms with E-state index in [4.69, 9.17) is 0 Å². The van der Waals surface area contributed by atoms with Gasteiger partial charge < -0.3 is 0 Å². The van der Waals surface area contributed by atoms with E-state index in [0.717, 1.165) is 0 Å². The zero-order valence-electron chi connectivity index (χ0n) is 30.8. The van der Waals surface area contributed by atoms with Crippen molar-refractivity contribution in [3.63, 3.8) is 0 Å². The number of hydrogen-bond acceptors (Lipinski definition) is 0. The van der Waals surface area contributed by atoms with Gasteiger partial charge in [0.05, 0.1) is 0 Å². The Kier molecular flexibility index (Phi) is 6.75. The lowest BCUT2D eigenvalue weighted by Crippen LogP contribution is -2.56. The Hall–Kier alpha value is -5.14. The van der Waals surface area contributed by atoms with Gasteiger partial charge in [0, 0.05) is 0 Å². The fraction of sp³-hybridized carbons (Fsp3) is 0.184. The summed E-state index contributed by atoms with van der Waals surface area (Å²) in [6, 6.07) is 38.1. The first-order chi connectivity index (χ1) is 24.0. The van der Waals surface area contributed by atoms with Gasteiger partial charge in [-0.3, -0.25) is 0 Å². The van der Waals surface area contributed by atoms with E-state index in [0.29, 0.717) is 0 Å². The lowest BCUT2D eigenvalue weighted by Gasteiger charge is -2.32. The van der Waals surface area contributed by atoms with Crippen LogP contribution in [0.25, 0.3) is 65.7 Å². The zero-order chi connectivity index (χ0) is 34.7. The first-order valence-electron chi connectivity index (χ1n) is 18.1. The molecule has 9 rings (SSSR count). The third-order valence-electron chi connectivity index (χ3n) is 11.7. The standard InChI is InChI=1S/C49H43B/c1-26-18-29(4)44(30(5)19-26)37-16-14-35-15-17-38-40(45-31(6)20-27(2)21-32(45)7)24-39-36-12-10-11-13-42(36)50(49-33(8)22-28(3)23-34(49)9)43-25-41(37)46(35)48(38)47(39)43/h10-25H,1-9H3. The van der Waals surface area contributed by atoms with Crippen LogP contribution < -0.4 is 16.4 Å². The second kappa shape index (κ2) is 10.9. The van der Waals surface area contributed by atoms with Crippen LogP contribution in [0.15, 0.2) is 97.1 Å². The molecule has 0 saturated heterocycles. The average molecular weight is 643 g/mol. The molecule has 50 heavy (non-hydrogen) atoms. The van der Waals surface area contributed by atoms with Crippen molar-refractivity contribution in [1.29, 1.82) is 0 Å². The molecule has 0 radical (unpaired) electrons. The minimum absolute atomic E-state index is 0.132. The molecule has 0 N–H and O–H groups in total. The number of hydrogen-bond donors (Lipinski definition) is 0. The Morgan fingerprint density at radius 2 is 0.900 bits per heavy atom. The van der Waals surface area contributed by atoms with Crippen LogP contribution in [0, 0.1) is 62.3 Å². The molecule has 0 saturated carbocycles. The molecule has 1 aliphatic rings. The smallest absolute Gasteiger partial charge is 0.0664 e. The number of rotatable bonds is 3. The van der Waals surface area contributed by atoms with E-state index in [1.54, 1.807) is 0 Å². The minimum Gasteiger partial charge on any atom is -0.0664 e. The molecule has 8 aromatic rings. The Balaban J connectivity index is 1.54. The summed E-state index contributed by atoms with van der Waals surface area (Å²) in [6.45, 7) is 20.6. The summed E-state index contributed by atoms with van der Waals surface area (Å²) in [6.07, 6.45) is 0. The fourth-order valence-corrected chi connectivity index (χ4v) is 10.2. The summed E-state index contributed by atoms with van der Waals surface area (Å²) < 4.78 is 0. The quantitative estimate of drug-likeness (QED) is 0.133. The van der Waals surface area contributed by atoms with Crippen molar-refractivity contribution in [3.8, 4) is 33.4 Å². The zero-order valence-corrected chi connectivity index (χ0v) is 30.8. The first kappa shape index (κ1) is 30.9. The van der Waals surface area contributed by atoms with E-state index in [1.165, 1.54) is 132 Å². The van der Waals surface area contributed by atoms with Crippen molar-refractivity contribution in [2.24, 2.45) is 0 Å². The van der Waals surface area contributed by atoms with Crippen LogP contribution in [-0.4, -0.2) is 6.71 Å². The highest BCUT2D eigenvalue weighted by Gasteiger charge is 2.36. The molecule has 0 aromatic heterocycles. The molecule has 0 nitrogen and oxygen atoms in total. The van der Waals surface area contributed by atoms with Crippen LogP contribution in [0.3, 0.4) is 0 Å². The third kappa shape index (κ3) is 4.32. The topological polar surface area (TPSA) is 0 Å². The third-order valence-corrected chi connectivity index (χ3v) is 11.7. The Morgan fingerprint density at radius 3 is 1.52 bits per heavy atom. The summed E-state index contributed by atoms with van der Waals surface area (Å²) >= 11 is 0. The molecule has 242 valence electrons. The minimum atomic E-state index is 0.132. The van der Waals surface area contributed by atoms with Gasteiger partial charge in [0.15, 0.2) is 0 Å². The SMILES string of the molecule is Cc1cc(C)c(B2c3ccccc3-c3cc(-c4c(C)cc(C)cc4C)c4ccc5ccc(-c6c(C)cc(C)cc6C)c6cc2c3c4c56)c(C)c1. The van der Waals surface area contributed by atoms with Gasteiger partial charge in [0.2, 0.25) is 6.71 Å². The lowest BCUT2D eigenvalue weighted by molar-refractivity contribution is 1.32. The summed E-state index contributed by atoms with van der Waals surface area (Å²) in [5, 5.41) is 8.24. The molecule has 0 aliphatic carbocycles. The number of benzene rings is 8. The molecule has 8 aromatic carbocycles. The second-order valence-corrected chi connectivity index (χ2v) is 15.4. The van der Waals surface area contributed by atoms with Crippen molar-refractivity contribution in [3.05, 3.63) is 147 Å². The monoisotopic (exact) mass is 642 g/mol. The van der Waals surface area contributed by atoms with Crippen LogP contribution in [0.1, 0.15) is 50.1 Å². The molecular weight excluding hydrogens is 599 g/mol. The van der Waals surface area contributed by atoms with Crippen molar-refractivity contribution in [1.82, 2.24) is 0 Å². The maximum absolute atomic E-state index is 2.60. The Morgan fingerprint density at radius 1 is 0.360 bits per heavy atom. The van der Waals surface area contributed by atoms with Crippen molar-refractivity contribution < 1.29 is 0 Å². The van der Waals surface area contributed by atoms with Gasteiger partial charge in [-0.15, -0.1) is 0 Å². The summed E-state index contributed by atoms with van der Waals surface area (Å²) in [4.78, 5) is 0. The molecule has 0 spiro atoms. The van der Waals surface area contributed by atoms with Gasteiger partial charge in [0.1, 0.15) is 0 Å². The van der Waals surface area contributed by atoms with Gasteiger partial charge in [-0.25, -0.2) is 0 Å². The van der Waals surface area contributed by atoms with E-state index in [2.05, 4.69) is 159 Å². The Labute approximate surface area is 297 Å². The van der Waals surface area contributed by atoms with Crippen LogP contribution in [0.2, 0.25) is 0 Å². The molecule has 0 amide bonds. The molecule has 0 bridgehead atoms.